The van der Waals surface area contributed by atoms with Gasteiger partial charge in [0.15, 0.2) is 0 Å². The Morgan fingerprint density at radius 3 is 2.65 bits per heavy atom. The van der Waals surface area contributed by atoms with Crippen LogP contribution in [0.15, 0.2) is 22.7 Å². The molecule has 92 valence electrons. The molecule has 0 spiro atoms. The predicted octanol–water partition coefficient (Wildman–Crippen LogP) is 2.21. The fourth-order valence-corrected chi connectivity index (χ4v) is 1.89. The standard InChI is InChI=1S/C12H15BrN2O2/c1-7-5-9(13)3-4-10(7)15-12(17)8(2)6-11(14)16/h3-5,8H,6H2,1-2H3,(H2,14,16)(H,15,17). The molecule has 1 aromatic carbocycles. The number of aryl methyl sites for hydroxylation is 1. The van der Waals surface area contributed by atoms with E-state index in [9.17, 15) is 9.59 Å². The first-order valence-electron chi connectivity index (χ1n) is 5.25. The van der Waals surface area contributed by atoms with Crippen molar-refractivity contribution >= 4 is 33.4 Å². The molecular weight excluding hydrogens is 284 g/mol. The molecule has 1 rings (SSSR count). The van der Waals surface area contributed by atoms with E-state index in [1.165, 1.54) is 0 Å². The Bertz CT molecular complexity index is 446. The second kappa shape index (κ2) is 5.82. The molecule has 4 nitrogen and oxygen atoms in total. The topological polar surface area (TPSA) is 72.2 Å². The van der Waals surface area contributed by atoms with E-state index in [1.807, 2.05) is 25.1 Å². The van der Waals surface area contributed by atoms with E-state index in [1.54, 1.807) is 6.92 Å². The molecule has 0 radical (unpaired) electrons. The SMILES string of the molecule is Cc1cc(Br)ccc1NC(=O)C(C)CC(N)=O. The van der Waals surface area contributed by atoms with Crippen LogP contribution in [0, 0.1) is 12.8 Å². The summed E-state index contributed by atoms with van der Waals surface area (Å²) in [6.07, 6.45) is 0.0570. The van der Waals surface area contributed by atoms with Gasteiger partial charge in [-0.2, -0.15) is 0 Å². The molecular formula is C12H15BrN2O2. The number of anilines is 1. The summed E-state index contributed by atoms with van der Waals surface area (Å²) in [5.41, 5.74) is 6.75. The number of amides is 2. The maximum absolute atomic E-state index is 11.8. The second-order valence-corrected chi connectivity index (χ2v) is 4.94. The number of primary amides is 1. The van der Waals surface area contributed by atoms with Gasteiger partial charge in [0.1, 0.15) is 0 Å². The lowest BCUT2D eigenvalue weighted by molar-refractivity contribution is -0.125. The molecule has 0 heterocycles. The summed E-state index contributed by atoms with van der Waals surface area (Å²) < 4.78 is 0.957. The third-order valence-corrected chi connectivity index (χ3v) is 2.89. The van der Waals surface area contributed by atoms with Gasteiger partial charge in [-0.3, -0.25) is 9.59 Å². The van der Waals surface area contributed by atoms with Gasteiger partial charge in [-0.25, -0.2) is 0 Å². The zero-order chi connectivity index (χ0) is 13.0. The van der Waals surface area contributed by atoms with Gasteiger partial charge in [-0.05, 0) is 30.7 Å². The van der Waals surface area contributed by atoms with E-state index in [0.29, 0.717) is 0 Å². The molecule has 0 aliphatic heterocycles. The quantitative estimate of drug-likeness (QED) is 0.894. The van der Waals surface area contributed by atoms with Crippen LogP contribution >= 0.6 is 15.9 Å². The monoisotopic (exact) mass is 298 g/mol. The van der Waals surface area contributed by atoms with Gasteiger partial charge in [-0.15, -0.1) is 0 Å². The Balaban J connectivity index is 2.71. The van der Waals surface area contributed by atoms with E-state index < -0.39 is 11.8 Å². The summed E-state index contributed by atoms with van der Waals surface area (Å²) >= 11 is 3.35. The van der Waals surface area contributed by atoms with Crippen molar-refractivity contribution in [1.82, 2.24) is 0 Å². The number of hydrogen-bond acceptors (Lipinski definition) is 2. The number of benzene rings is 1. The number of hydrogen-bond donors (Lipinski definition) is 2. The van der Waals surface area contributed by atoms with Crippen molar-refractivity contribution in [2.24, 2.45) is 11.7 Å². The molecule has 0 aromatic heterocycles. The van der Waals surface area contributed by atoms with Crippen molar-refractivity contribution in [3.05, 3.63) is 28.2 Å². The van der Waals surface area contributed by atoms with Crippen molar-refractivity contribution in [3.63, 3.8) is 0 Å². The van der Waals surface area contributed by atoms with Gasteiger partial charge in [0.2, 0.25) is 11.8 Å². The lowest BCUT2D eigenvalue weighted by atomic mass is 10.1. The Morgan fingerprint density at radius 2 is 2.12 bits per heavy atom. The van der Waals surface area contributed by atoms with Crippen molar-refractivity contribution in [3.8, 4) is 0 Å². The van der Waals surface area contributed by atoms with Crippen molar-refractivity contribution in [2.75, 3.05) is 5.32 Å². The van der Waals surface area contributed by atoms with E-state index >= 15 is 0 Å². The van der Waals surface area contributed by atoms with Crippen molar-refractivity contribution < 1.29 is 9.59 Å². The number of carbonyl (C=O) groups is 2. The predicted molar refractivity (Wildman–Crippen MR) is 70.5 cm³/mol. The van der Waals surface area contributed by atoms with Gasteiger partial charge in [0, 0.05) is 22.5 Å². The highest BCUT2D eigenvalue weighted by Crippen LogP contribution is 2.20. The summed E-state index contributed by atoms with van der Waals surface area (Å²) in [5, 5.41) is 2.78. The molecule has 1 unspecified atom stereocenters. The molecule has 1 atom stereocenters. The number of nitrogens with one attached hydrogen (secondary N) is 1. The van der Waals surface area contributed by atoms with Crippen LogP contribution in [0.4, 0.5) is 5.69 Å². The molecule has 1 aromatic rings. The Kier molecular flexibility index (Phi) is 4.69. The minimum absolute atomic E-state index is 0.0570. The first-order chi connectivity index (χ1) is 7.90. The van der Waals surface area contributed by atoms with E-state index in [2.05, 4.69) is 21.2 Å². The highest BCUT2D eigenvalue weighted by Gasteiger charge is 2.16. The van der Waals surface area contributed by atoms with E-state index in [0.717, 1.165) is 15.7 Å². The molecule has 0 bridgehead atoms. The molecule has 2 amide bonds. The van der Waals surface area contributed by atoms with Crippen LogP contribution in [0.1, 0.15) is 18.9 Å². The van der Waals surface area contributed by atoms with Gasteiger partial charge in [0.05, 0.1) is 0 Å². The largest absolute Gasteiger partial charge is 0.370 e. The number of halogens is 1. The maximum Gasteiger partial charge on any atom is 0.227 e. The molecule has 0 aliphatic rings. The minimum Gasteiger partial charge on any atom is -0.370 e. The summed E-state index contributed by atoms with van der Waals surface area (Å²) in [6.45, 7) is 3.58. The number of carbonyl (C=O) groups excluding carboxylic acids is 2. The van der Waals surface area contributed by atoms with Gasteiger partial charge < -0.3 is 11.1 Å². The first kappa shape index (κ1) is 13.7. The fraction of sp³-hybridized carbons (Fsp3) is 0.333. The smallest absolute Gasteiger partial charge is 0.227 e. The molecule has 5 heteroatoms. The van der Waals surface area contributed by atoms with Crippen molar-refractivity contribution in [2.45, 2.75) is 20.3 Å². The summed E-state index contributed by atoms with van der Waals surface area (Å²) in [5.74, 6) is -1.09. The van der Waals surface area contributed by atoms with Crippen LogP contribution in [-0.4, -0.2) is 11.8 Å². The Labute approximate surface area is 109 Å². The lowest BCUT2D eigenvalue weighted by Gasteiger charge is -2.12. The molecule has 3 N–H and O–H groups in total. The van der Waals surface area contributed by atoms with Crippen LogP contribution < -0.4 is 11.1 Å². The van der Waals surface area contributed by atoms with Crippen LogP contribution in [0.2, 0.25) is 0 Å². The zero-order valence-corrected chi connectivity index (χ0v) is 11.4. The number of nitrogens with two attached hydrogens (primary N) is 1. The normalized spacial score (nSPS) is 11.9. The maximum atomic E-state index is 11.8. The molecule has 17 heavy (non-hydrogen) atoms. The third kappa shape index (κ3) is 4.19. The van der Waals surface area contributed by atoms with Crippen LogP contribution in [0.25, 0.3) is 0 Å². The summed E-state index contributed by atoms with van der Waals surface area (Å²) in [7, 11) is 0. The molecule has 0 fully saturated rings. The van der Waals surface area contributed by atoms with Gasteiger partial charge in [0.25, 0.3) is 0 Å². The van der Waals surface area contributed by atoms with E-state index in [4.69, 9.17) is 5.73 Å². The second-order valence-electron chi connectivity index (χ2n) is 4.02. The first-order valence-corrected chi connectivity index (χ1v) is 6.04. The van der Waals surface area contributed by atoms with Gasteiger partial charge >= 0.3 is 0 Å². The number of rotatable bonds is 4. The molecule has 0 saturated heterocycles. The summed E-state index contributed by atoms with van der Waals surface area (Å²) in [4.78, 5) is 22.5. The van der Waals surface area contributed by atoms with Crippen LogP contribution in [0.5, 0.6) is 0 Å². The lowest BCUT2D eigenvalue weighted by Crippen LogP contribution is -2.25. The highest BCUT2D eigenvalue weighted by atomic mass is 79.9. The minimum atomic E-state index is -0.472. The molecule has 0 aliphatic carbocycles. The molecule has 0 saturated carbocycles. The summed E-state index contributed by atoms with van der Waals surface area (Å²) in [6, 6.07) is 5.57. The average Bonchev–Trinajstić information content (AvgIpc) is 2.21. The Hall–Kier alpha value is -1.36. The van der Waals surface area contributed by atoms with Gasteiger partial charge in [-0.1, -0.05) is 22.9 Å². The zero-order valence-electron chi connectivity index (χ0n) is 9.79. The van der Waals surface area contributed by atoms with Crippen LogP contribution in [-0.2, 0) is 9.59 Å². The van der Waals surface area contributed by atoms with E-state index in [-0.39, 0.29) is 12.3 Å². The average molecular weight is 299 g/mol. The Morgan fingerprint density at radius 1 is 1.47 bits per heavy atom. The third-order valence-electron chi connectivity index (χ3n) is 2.40. The fourth-order valence-electron chi connectivity index (χ4n) is 1.42. The van der Waals surface area contributed by atoms with Crippen LogP contribution in [0.3, 0.4) is 0 Å². The highest BCUT2D eigenvalue weighted by molar-refractivity contribution is 9.10. The van der Waals surface area contributed by atoms with Crippen molar-refractivity contribution in [1.29, 1.82) is 0 Å².